The Balaban J connectivity index is 2.57. The summed E-state index contributed by atoms with van der Waals surface area (Å²) in [7, 11) is 0. The predicted octanol–water partition coefficient (Wildman–Crippen LogP) is 2.68. The minimum absolute atomic E-state index is 0.136. The lowest BCUT2D eigenvalue weighted by Gasteiger charge is -2.10. The summed E-state index contributed by atoms with van der Waals surface area (Å²) in [6.45, 7) is 0.270. The first-order chi connectivity index (χ1) is 6.88. The van der Waals surface area contributed by atoms with Gasteiger partial charge in [-0.2, -0.15) is 13.2 Å². The van der Waals surface area contributed by atoms with Gasteiger partial charge in [0, 0.05) is 0 Å². The van der Waals surface area contributed by atoms with Gasteiger partial charge in [-0.1, -0.05) is 12.1 Å². The van der Waals surface area contributed by atoms with Crippen LogP contribution in [0.25, 0.3) is 0 Å². The molecular weight excluding hydrogens is 209 g/mol. The Morgan fingerprint density at radius 2 is 1.80 bits per heavy atom. The van der Waals surface area contributed by atoms with Crippen LogP contribution in [-0.2, 0) is 0 Å². The maximum atomic E-state index is 11.8. The fourth-order valence-electron chi connectivity index (χ4n) is 1.01. The average molecular weight is 220 g/mol. The van der Waals surface area contributed by atoms with Gasteiger partial charge in [0.25, 0.3) is 0 Å². The first-order valence-corrected chi connectivity index (χ1v) is 4.36. The number of ether oxygens (including phenoxy) is 1. The lowest BCUT2D eigenvalue weighted by atomic mass is 10.1. The zero-order valence-electron chi connectivity index (χ0n) is 8.08. The van der Waals surface area contributed by atoms with E-state index in [2.05, 4.69) is 4.74 Å². The Morgan fingerprint density at radius 3 is 2.20 bits per heavy atom. The van der Waals surface area contributed by atoms with Crippen LogP contribution in [0.15, 0.2) is 24.3 Å². The van der Waals surface area contributed by atoms with Crippen LogP contribution in [0.3, 0.4) is 0 Å². The van der Waals surface area contributed by atoms with Gasteiger partial charge in [-0.3, -0.25) is 0 Å². The molecular formula is C10H11F3O2. The molecule has 0 fully saturated rings. The van der Waals surface area contributed by atoms with E-state index in [1.165, 1.54) is 24.3 Å². The van der Waals surface area contributed by atoms with Gasteiger partial charge in [0.05, 0.1) is 6.10 Å². The highest BCUT2D eigenvalue weighted by Gasteiger charge is 2.28. The van der Waals surface area contributed by atoms with E-state index in [9.17, 15) is 13.2 Å². The Kier molecular flexibility index (Phi) is 3.57. The van der Waals surface area contributed by atoms with Gasteiger partial charge in [-0.25, -0.2) is 0 Å². The topological polar surface area (TPSA) is 29.5 Å². The molecule has 0 aliphatic carbocycles. The van der Waals surface area contributed by atoms with Crippen LogP contribution >= 0.6 is 0 Å². The van der Waals surface area contributed by atoms with Crippen molar-refractivity contribution in [2.75, 3.05) is 6.61 Å². The molecule has 1 N–H and O–H groups in total. The van der Waals surface area contributed by atoms with Crippen LogP contribution in [0.5, 0.6) is 5.75 Å². The molecule has 1 atom stereocenters. The Morgan fingerprint density at radius 1 is 1.27 bits per heavy atom. The van der Waals surface area contributed by atoms with E-state index in [1.54, 1.807) is 6.92 Å². The Labute approximate surface area is 85.3 Å². The molecule has 5 heteroatoms. The van der Waals surface area contributed by atoms with Crippen LogP contribution < -0.4 is 4.74 Å². The summed E-state index contributed by atoms with van der Waals surface area (Å²) in [6.07, 6.45) is -4.97. The van der Waals surface area contributed by atoms with Gasteiger partial charge in [-0.05, 0) is 24.6 Å². The molecule has 0 radical (unpaired) electrons. The van der Waals surface area contributed by atoms with Crippen molar-refractivity contribution < 1.29 is 23.0 Å². The number of alkyl halides is 3. The first kappa shape index (κ1) is 11.8. The van der Waals surface area contributed by atoms with E-state index in [-0.39, 0.29) is 5.75 Å². The minimum atomic E-state index is -4.33. The molecule has 0 saturated carbocycles. The first-order valence-electron chi connectivity index (χ1n) is 4.36. The highest BCUT2D eigenvalue weighted by molar-refractivity contribution is 5.28. The molecule has 15 heavy (non-hydrogen) atoms. The van der Waals surface area contributed by atoms with Gasteiger partial charge < -0.3 is 9.84 Å². The number of hydrogen-bond acceptors (Lipinski definition) is 2. The second-order valence-electron chi connectivity index (χ2n) is 3.15. The molecule has 0 aromatic heterocycles. The highest BCUT2D eigenvalue weighted by Crippen LogP contribution is 2.20. The quantitative estimate of drug-likeness (QED) is 0.848. The van der Waals surface area contributed by atoms with E-state index in [4.69, 9.17) is 5.11 Å². The van der Waals surface area contributed by atoms with Crippen molar-refractivity contribution in [3.63, 3.8) is 0 Å². The van der Waals surface area contributed by atoms with Crippen LogP contribution in [0, 0.1) is 0 Å². The van der Waals surface area contributed by atoms with Crippen molar-refractivity contribution in [1.29, 1.82) is 0 Å². The Hall–Kier alpha value is -1.23. The van der Waals surface area contributed by atoms with Crippen molar-refractivity contribution in [3.05, 3.63) is 29.8 Å². The summed E-state index contributed by atoms with van der Waals surface area (Å²) in [4.78, 5) is 0. The zero-order chi connectivity index (χ0) is 11.5. The van der Waals surface area contributed by atoms with Crippen LogP contribution in [-0.4, -0.2) is 17.9 Å². The minimum Gasteiger partial charge on any atom is -0.484 e. The molecule has 1 aromatic rings. The van der Waals surface area contributed by atoms with E-state index < -0.39 is 18.9 Å². The number of aliphatic hydroxyl groups is 1. The summed E-state index contributed by atoms with van der Waals surface area (Å²) in [5.41, 5.74) is 0.634. The second-order valence-corrected chi connectivity index (χ2v) is 3.15. The van der Waals surface area contributed by atoms with E-state index >= 15 is 0 Å². The average Bonchev–Trinajstić information content (AvgIpc) is 2.14. The third kappa shape index (κ3) is 4.20. The van der Waals surface area contributed by atoms with Gasteiger partial charge in [0.1, 0.15) is 5.75 Å². The SMILES string of the molecule is CC(O)c1ccc(OCC(F)(F)F)cc1. The van der Waals surface area contributed by atoms with Crippen LogP contribution in [0.1, 0.15) is 18.6 Å². The third-order valence-corrected chi connectivity index (χ3v) is 1.77. The smallest absolute Gasteiger partial charge is 0.422 e. The zero-order valence-corrected chi connectivity index (χ0v) is 8.08. The molecule has 0 saturated heterocycles. The van der Waals surface area contributed by atoms with Gasteiger partial charge in [-0.15, -0.1) is 0 Å². The molecule has 0 aliphatic rings. The molecule has 1 unspecified atom stereocenters. The standard InChI is InChI=1S/C10H11F3O2/c1-7(14)8-2-4-9(5-3-8)15-6-10(11,12)13/h2-5,7,14H,6H2,1H3. The highest BCUT2D eigenvalue weighted by atomic mass is 19.4. The predicted molar refractivity (Wildman–Crippen MR) is 48.6 cm³/mol. The number of halogens is 3. The summed E-state index contributed by atoms with van der Waals surface area (Å²) in [5.74, 6) is 0.136. The molecule has 0 aliphatic heterocycles. The monoisotopic (exact) mass is 220 g/mol. The normalized spacial score (nSPS) is 13.7. The van der Waals surface area contributed by atoms with Gasteiger partial charge in [0.15, 0.2) is 6.61 Å². The molecule has 0 bridgehead atoms. The summed E-state index contributed by atoms with van der Waals surface area (Å²) < 4.78 is 39.8. The van der Waals surface area contributed by atoms with Crippen molar-refractivity contribution in [1.82, 2.24) is 0 Å². The molecule has 1 rings (SSSR count). The lowest BCUT2D eigenvalue weighted by Crippen LogP contribution is -2.19. The largest absolute Gasteiger partial charge is 0.484 e. The third-order valence-electron chi connectivity index (χ3n) is 1.77. The maximum Gasteiger partial charge on any atom is 0.422 e. The molecule has 0 heterocycles. The molecule has 1 aromatic carbocycles. The van der Waals surface area contributed by atoms with Crippen LogP contribution in [0.2, 0.25) is 0 Å². The van der Waals surface area contributed by atoms with Crippen LogP contribution in [0.4, 0.5) is 13.2 Å². The van der Waals surface area contributed by atoms with Crippen molar-refractivity contribution in [2.45, 2.75) is 19.2 Å². The van der Waals surface area contributed by atoms with Crippen molar-refractivity contribution in [3.8, 4) is 5.75 Å². The molecule has 2 nitrogen and oxygen atoms in total. The van der Waals surface area contributed by atoms with Gasteiger partial charge in [0.2, 0.25) is 0 Å². The number of benzene rings is 1. The van der Waals surface area contributed by atoms with Crippen molar-refractivity contribution >= 4 is 0 Å². The Bertz CT molecular complexity index is 303. The van der Waals surface area contributed by atoms with Gasteiger partial charge >= 0.3 is 6.18 Å². The van der Waals surface area contributed by atoms with E-state index in [0.717, 1.165) is 0 Å². The molecule has 0 amide bonds. The second kappa shape index (κ2) is 4.53. The fourth-order valence-corrected chi connectivity index (χ4v) is 1.01. The molecule has 84 valence electrons. The maximum absolute atomic E-state index is 11.8. The summed E-state index contributed by atoms with van der Waals surface area (Å²) >= 11 is 0. The number of rotatable bonds is 3. The van der Waals surface area contributed by atoms with E-state index in [1.807, 2.05) is 0 Å². The van der Waals surface area contributed by atoms with E-state index in [0.29, 0.717) is 5.56 Å². The number of hydrogen-bond donors (Lipinski definition) is 1. The summed E-state index contributed by atoms with van der Waals surface area (Å²) in [6, 6.07) is 5.84. The number of aliphatic hydroxyl groups excluding tert-OH is 1. The summed E-state index contributed by atoms with van der Waals surface area (Å²) in [5, 5.41) is 9.15. The fraction of sp³-hybridized carbons (Fsp3) is 0.400. The molecule has 0 spiro atoms. The van der Waals surface area contributed by atoms with Crippen molar-refractivity contribution in [2.24, 2.45) is 0 Å². The lowest BCUT2D eigenvalue weighted by molar-refractivity contribution is -0.153.